The molecule has 7 nitrogen and oxygen atoms in total. The largest absolute Gasteiger partial charge is 0.415 e. The normalized spacial score (nSPS) is 14.1. The summed E-state index contributed by atoms with van der Waals surface area (Å²) < 4.78 is 64.1. The van der Waals surface area contributed by atoms with Crippen LogP contribution in [0.1, 0.15) is 17.9 Å². The lowest BCUT2D eigenvalue weighted by Gasteiger charge is -2.33. The molecule has 0 bridgehead atoms. The van der Waals surface area contributed by atoms with Gasteiger partial charge in [-0.1, -0.05) is 17.7 Å². The van der Waals surface area contributed by atoms with E-state index < -0.39 is 30.0 Å². The fraction of sp³-hybridized carbons (Fsp3) is 0.286. The number of nitrogens with zero attached hydrogens (tertiary/aromatic N) is 4. The molecule has 4 rings (SSSR count). The van der Waals surface area contributed by atoms with Crippen molar-refractivity contribution < 1.29 is 31.5 Å². The average Bonchev–Trinajstić information content (AvgIpc) is 3.31. The smallest absolute Gasteiger partial charge is 0.324 e. The summed E-state index contributed by atoms with van der Waals surface area (Å²) in [4.78, 5) is 16.0. The van der Waals surface area contributed by atoms with E-state index in [1.807, 2.05) is 0 Å². The molecule has 33 heavy (non-hydrogen) atoms. The summed E-state index contributed by atoms with van der Waals surface area (Å²) in [5.74, 6) is -2.51. The van der Waals surface area contributed by atoms with Gasteiger partial charge in [0.05, 0.1) is 24.8 Å². The minimum atomic E-state index is -2.95. The van der Waals surface area contributed by atoms with E-state index >= 15 is 0 Å². The van der Waals surface area contributed by atoms with E-state index in [2.05, 4.69) is 10.2 Å². The van der Waals surface area contributed by atoms with Crippen molar-refractivity contribution in [2.45, 2.75) is 13.0 Å². The van der Waals surface area contributed by atoms with Gasteiger partial charge in [-0.05, 0) is 30.3 Å². The molecule has 0 aliphatic carbocycles. The predicted molar refractivity (Wildman–Crippen MR) is 110 cm³/mol. The number of amides is 2. The van der Waals surface area contributed by atoms with Gasteiger partial charge in [-0.25, -0.2) is 13.6 Å². The number of morpholine rings is 1. The first-order valence-electron chi connectivity index (χ1n) is 9.83. The van der Waals surface area contributed by atoms with Crippen molar-refractivity contribution in [3.8, 4) is 11.5 Å². The van der Waals surface area contributed by atoms with Crippen LogP contribution in [0.2, 0.25) is 5.02 Å². The minimum Gasteiger partial charge on any atom is -0.415 e. The number of aromatic nitrogens is 2. The highest BCUT2D eigenvalue weighted by Gasteiger charge is 2.26. The molecule has 1 fully saturated rings. The fourth-order valence-electron chi connectivity index (χ4n) is 3.27. The SMILES string of the molecule is O=C(N1CCOCC1)N(Cc1ccc(-c2nnc(C(F)F)o2)cc1F)c1ccc(F)c(Cl)c1. The molecule has 1 aromatic heterocycles. The monoisotopic (exact) mass is 484 g/mol. The first-order valence-corrected chi connectivity index (χ1v) is 10.2. The van der Waals surface area contributed by atoms with E-state index in [1.165, 1.54) is 34.1 Å². The average molecular weight is 485 g/mol. The van der Waals surface area contributed by atoms with Crippen molar-refractivity contribution in [1.82, 2.24) is 15.1 Å². The molecule has 2 heterocycles. The third-order valence-corrected chi connectivity index (χ3v) is 5.27. The van der Waals surface area contributed by atoms with Gasteiger partial charge in [-0.3, -0.25) is 4.90 Å². The molecule has 0 spiro atoms. The summed E-state index contributed by atoms with van der Waals surface area (Å²) in [7, 11) is 0. The topological polar surface area (TPSA) is 71.7 Å². The van der Waals surface area contributed by atoms with Crippen LogP contribution in [0.15, 0.2) is 40.8 Å². The third-order valence-electron chi connectivity index (χ3n) is 4.98. The maximum absolute atomic E-state index is 14.9. The lowest BCUT2D eigenvalue weighted by Crippen LogP contribution is -2.48. The molecular weight excluding hydrogens is 468 g/mol. The van der Waals surface area contributed by atoms with Gasteiger partial charge in [0.2, 0.25) is 5.89 Å². The Hall–Kier alpha value is -3.18. The molecule has 1 aliphatic heterocycles. The van der Waals surface area contributed by atoms with Crippen LogP contribution in [0.25, 0.3) is 11.5 Å². The minimum absolute atomic E-state index is 0.103. The summed E-state index contributed by atoms with van der Waals surface area (Å²) in [6.07, 6.45) is -2.95. The molecule has 174 valence electrons. The fourth-order valence-corrected chi connectivity index (χ4v) is 3.44. The van der Waals surface area contributed by atoms with E-state index in [4.69, 9.17) is 20.8 Å². The Morgan fingerprint density at radius 2 is 1.85 bits per heavy atom. The summed E-state index contributed by atoms with van der Waals surface area (Å²) in [5.41, 5.74) is 0.501. The summed E-state index contributed by atoms with van der Waals surface area (Å²) >= 11 is 5.90. The van der Waals surface area contributed by atoms with Gasteiger partial charge in [0.15, 0.2) is 0 Å². The van der Waals surface area contributed by atoms with Crippen LogP contribution in [-0.4, -0.2) is 47.4 Å². The number of hydrogen-bond donors (Lipinski definition) is 0. The van der Waals surface area contributed by atoms with E-state index in [1.54, 1.807) is 0 Å². The summed E-state index contributed by atoms with van der Waals surface area (Å²) in [6.45, 7) is 1.20. The van der Waals surface area contributed by atoms with Crippen molar-refractivity contribution in [2.75, 3.05) is 31.2 Å². The Morgan fingerprint density at radius 3 is 2.48 bits per heavy atom. The Kier molecular flexibility index (Phi) is 6.80. The van der Waals surface area contributed by atoms with E-state index in [0.717, 1.165) is 12.1 Å². The quantitative estimate of drug-likeness (QED) is 0.473. The number of carbonyl (C=O) groups excluding carboxylic acids is 1. The van der Waals surface area contributed by atoms with Crippen LogP contribution in [0.5, 0.6) is 0 Å². The zero-order valence-electron chi connectivity index (χ0n) is 17.0. The Bertz CT molecular complexity index is 1150. The lowest BCUT2D eigenvalue weighted by atomic mass is 10.1. The first-order chi connectivity index (χ1) is 15.8. The van der Waals surface area contributed by atoms with Gasteiger partial charge in [-0.15, -0.1) is 10.2 Å². The number of urea groups is 1. The highest BCUT2D eigenvalue weighted by molar-refractivity contribution is 6.31. The molecule has 1 saturated heterocycles. The van der Waals surface area contributed by atoms with E-state index in [-0.39, 0.29) is 34.3 Å². The number of carbonyl (C=O) groups is 1. The standard InChI is InChI=1S/C21H17ClF4N4O3/c22-15-10-14(3-4-16(15)23)30(21(31)29-5-7-32-8-6-29)11-13-2-1-12(9-17(13)24)19-27-28-20(33-19)18(25)26/h1-4,9-10,18H,5-8,11H2. The van der Waals surface area contributed by atoms with Gasteiger partial charge in [0.1, 0.15) is 11.6 Å². The zero-order chi connectivity index (χ0) is 23.5. The second-order valence-electron chi connectivity index (χ2n) is 7.12. The maximum Gasteiger partial charge on any atom is 0.324 e. The highest BCUT2D eigenvalue weighted by Crippen LogP contribution is 2.28. The Balaban J connectivity index is 1.63. The van der Waals surface area contributed by atoms with Crippen molar-refractivity contribution in [3.05, 3.63) is 64.5 Å². The van der Waals surface area contributed by atoms with Gasteiger partial charge in [0, 0.05) is 29.9 Å². The highest BCUT2D eigenvalue weighted by atomic mass is 35.5. The van der Waals surface area contributed by atoms with Gasteiger partial charge in [0.25, 0.3) is 5.89 Å². The van der Waals surface area contributed by atoms with Crippen molar-refractivity contribution in [1.29, 1.82) is 0 Å². The molecule has 2 aromatic carbocycles. The maximum atomic E-state index is 14.9. The van der Waals surface area contributed by atoms with Gasteiger partial charge in [-0.2, -0.15) is 8.78 Å². The number of benzene rings is 2. The molecule has 12 heteroatoms. The molecule has 2 amide bonds. The Morgan fingerprint density at radius 1 is 1.09 bits per heavy atom. The molecule has 0 unspecified atom stereocenters. The molecule has 0 N–H and O–H groups in total. The second kappa shape index (κ2) is 9.75. The summed E-state index contributed by atoms with van der Waals surface area (Å²) in [6, 6.07) is 7.18. The van der Waals surface area contributed by atoms with Crippen molar-refractivity contribution in [2.24, 2.45) is 0 Å². The summed E-state index contributed by atoms with van der Waals surface area (Å²) in [5, 5.41) is 6.53. The Labute approximate surface area is 190 Å². The van der Waals surface area contributed by atoms with Gasteiger partial charge >= 0.3 is 12.5 Å². The third kappa shape index (κ3) is 5.09. The van der Waals surface area contributed by atoms with Crippen LogP contribution < -0.4 is 4.90 Å². The lowest BCUT2D eigenvalue weighted by molar-refractivity contribution is 0.0548. The number of anilines is 1. The molecule has 0 radical (unpaired) electrons. The number of alkyl halides is 2. The molecule has 0 atom stereocenters. The van der Waals surface area contributed by atoms with Crippen LogP contribution in [0.4, 0.5) is 28.0 Å². The predicted octanol–water partition coefficient (Wildman–Crippen LogP) is 5.06. The number of halogens is 5. The zero-order valence-corrected chi connectivity index (χ0v) is 17.7. The van der Waals surface area contributed by atoms with E-state index in [0.29, 0.717) is 26.3 Å². The van der Waals surface area contributed by atoms with E-state index in [9.17, 15) is 22.4 Å². The van der Waals surface area contributed by atoms with Crippen molar-refractivity contribution in [3.63, 3.8) is 0 Å². The first kappa shape index (κ1) is 23.0. The molecule has 0 saturated carbocycles. The number of hydrogen-bond acceptors (Lipinski definition) is 5. The van der Waals surface area contributed by atoms with Crippen molar-refractivity contribution >= 4 is 23.3 Å². The molecule has 1 aliphatic rings. The molecular formula is C21H17ClF4N4O3. The van der Waals surface area contributed by atoms with Crippen LogP contribution in [0.3, 0.4) is 0 Å². The molecule has 3 aromatic rings. The van der Waals surface area contributed by atoms with Gasteiger partial charge < -0.3 is 14.1 Å². The van der Waals surface area contributed by atoms with Crippen LogP contribution >= 0.6 is 11.6 Å². The number of rotatable bonds is 5. The number of ether oxygens (including phenoxy) is 1. The second-order valence-corrected chi connectivity index (χ2v) is 7.53. The van der Waals surface area contributed by atoms with Crippen LogP contribution in [-0.2, 0) is 11.3 Å². The van der Waals surface area contributed by atoms with Crippen LogP contribution in [0, 0.1) is 11.6 Å².